The second kappa shape index (κ2) is 4.86. The molecule has 5 nitrogen and oxygen atoms in total. The first kappa shape index (κ1) is 11.4. The van der Waals surface area contributed by atoms with Crippen molar-refractivity contribution in [3.63, 3.8) is 0 Å². The Morgan fingerprint density at radius 2 is 2.12 bits per heavy atom. The van der Waals surface area contributed by atoms with Gasteiger partial charge in [-0.15, -0.1) is 0 Å². The van der Waals surface area contributed by atoms with Gasteiger partial charge in [0.05, 0.1) is 12.7 Å². The topological polar surface area (TPSA) is 58.6 Å². The van der Waals surface area contributed by atoms with Crippen molar-refractivity contribution in [1.29, 1.82) is 0 Å². The molecule has 1 N–H and O–H groups in total. The summed E-state index contributed by atoms with van der Waals surface area (Å²) in [6.07, 6.45) is 0. The maximum Gasteiger partial charge on any atom is 0.337 e. The van der Waals surface area contributed by atoms with Gasteiger partial charge in [0.15, 0.2) is 0 Å². The van der Waals surface area contributed by atoms with Crippen LogP contribution < -0.4 is 5.32 Å². The van der Waals surface area contributed by atoms with Crippen LogP contribution in [0.1, 0.15) is 15.9 Å². The van der Waals surface area contributed by atoms with E-state index in [1.54, 1.807) is 17.0 Å². The van der Waals surface area contributed by atoms with Crippen molar-refractivity contribution in [3.05, 3.63) is 35.4 Å². The van der Waals surface area contributed by atoms with Gasteiger partial charge in [0.25, 0.3) is 0 Å². The second-order valence-electron chi connectivity index (χ2n) is 3.84. The van der Waals surface area contributed by atoms with E-state index in [1.807, 2.05) is 12.1 Å². The lowest BCUT2D eigenvalue weighted by molar-refractivity contribution is 0.0600. The average Bonchev–Trinajstić information content (AvgIpc) is 2.75. The summed E-state index contributed by atoms with van der Waals surface area (Å²) in [5.74, 6) is -0.351. The monoisotopic (exact) mass is 234 g/mol. The van der Waals surface area contributed by atoms with Gasteiger partial charge in [-0.2, -0.15) is 0 Å². The van der Waals surface area contributed by atoms with Crippen molar-refractivity contribution in [1.82, 2.24) is 10.2 Å². The number of carbonyl (C=O) groups excluding carboxylic acids is 2. The molecule has 1 heterocycles. The van der Waals surface area contributed by atoms with Gasteiger partial charge in [0, 0.05) is 19.6 Å². The molecule has 0 aliphatic carbocycles. The summed E-state index contributed by atoms with van der Waals surface area (Å²) >= 11 is 0. The van der Waals surface area contributed by atoms with Crippen LogP contribution in [0.25, 0.3) is 0 Å². The molecule has 5 heteroatoms. The van der Waals surface area contributed by atoms with Crippen molar-refractivity contribution in [2.75, 3.05) is 20.2 Å². The van der Waals surface area contributed by atoms with Crippen LogP contribution in [0.15, 0.2) is 24.3 Å². The van der Waals surface area contributed by atoms with E-state index in [0.29, 0.717) is 18.7 Å². The Balaban J connectivity index is 2.03. The van der Waals surface area contributed by atoms with E-state index in [-0.39, 0.29) is 12.0 Å². The minimum atomic E-state index is -0.351. The first-order valence-electron chi connectivity index (χ1n) is 5.41. The first-order chi connectivity index (χ1) is 8.20. The number of rotatable bonds is 3. The van der Waals surface area contributed by atoms with Crippen LogP contribution in [0.5, 0.6) is 0 Å². The zero-order valence-electron chi connectivity index (χ0n) is 9.60. The molecule has 0 spiro atoms. The SMILES string of the molecule is COC(=O)c1ccc(CN2CCNC2=O)cc1. The molecule has 1 aromatic carbocycles. The zero-order chi connectivity index (χ0) is 12.3. The van der Waals surface area contributed by atoms with E-state index in [2.05, 4.69) is 10.1 Å². The predicted octanol–water partition coefficient (Wildman–Crippen LogP) is 0.998. The Bertz CT molecular complexity index is 428. The van der Waals surface area contributed by atoms with Gasteiger partial charge in [-0.3, -0.25) is 0 Å². The number of amides is 2. The molecular weight excluding hydrogens is 220 g/mol. The standard InChI is InChI=1S/C12H14N2O3/c1-17-11(15)10-4-2-9(3-5-10)8-14-7-6-13-12(14)16/h2-5H,6-8H2,1H3,(H,13,16). The van der Waals surface area contributed by atoms with Crippen LogP contribution in [0.2, 0.25) is 0 Å². The largest absolute Gasteiger partial charge is 0.465 e. The summed E-state index contributed by atoms with van der Waals surface area (Å²) in [6.45, 7) is 1.98. The molecule has 1 aromatic rings. The Morgan fingerprint density at radius 1 is 1.41 bits per heavy atom. The third-order valence-electron chi connectivity index (χ3n) is 2.69. The first-order valence-corrected chi connectivity index (χ1v) is 5.41. The van der Waals surface area contributed by atoms with Gasteiger partial charge in [0.1, 0.15) is 0 Å². The van der Waals surface area contributed by atoms with Crippen molar-refractivity contribution in [2.45, 2.75) is 6.54 Å². The maximum absolute atomic E-state index is 11.3. The molecule has 0 atom stereocenters. The second-order valence-corrected chi connectivity index (χ2v) is 3.84. The van der Waals surface area contributed by atoms with E-state index >= 15 is 0 Å². The summed E-state index contributed by atoms with van der Waals surface area (Å²) in [6, 6.07) is 7.03. The fraction of sp³-hybridized carbons (Fsp3) is 0.333. The number of nitrogens with one attached hydrogen (secondary N) is 1. The Labute approximate surface area is 99.4 Å². The number of hydrogen-bond donors (Lipinski definition) is 1. The fourth-order valence-electron chi connectivity index (χ4n) is 1.75. The highest BCUT2D eigenvalue weighted by molar-refractivity contribution is 5.89. The summed E-state index contributed by atoms with van der Waals surface area (Å²) in [5, 5.41) is 2.74. The van der Waals surface area contributed by atoms with Gasteiger partial charge >= 0.3 is 12.0 Å². The van der Waals surface area contributed by atoms with Crippen LogP contribution in [-0.4, -0.2) is 37.1 Å². The molecule has 0 bridgehead atoms. The van der Waals surface area contributed by atoms with E-state index in [1.165, 1.54) is 7.11 Å². The van der Waals surface area contributed by atoms with E-state index in [4.69, 9.17) is 0 Å². The Kier molecular flexibility index (Phi) is 3.27. The van der Waals surface area contributed by atoms with Gasteiger partial charge in [-0.25, -0.2) is 9.59 Å². The maximum atomic E-state index is 11.3. The smallest absolute Gasteiger partial charge is 0.337 e. The van der Waals surface area contributed by atoms with E-state index < -0.39 is 0 Å². The Morgan fingerprint density at radius 3 is 2.65 bits per heavy atom. The van der Waals surface area contributed by atoms with Gasteiger partial charge < -0.3 is 15.0 Å². The molecule has 0 aromatic heterocycles. The molecule has 1 saturated heterocycles. The van der Waals surface area contributed by atoms with Crippen molar-refractivity contribution < 1.29 is 14.3 Å². The average molecular weight is 234 g/mol. The number of nitrogens with zero attached hydrogens (tertiary/aromatic N) is 1. The van der Waals surface area contributed by atoms with Gasteiger partial charge in [-0.05, 0) is 17.7 Å². The fourth-order valence-corrected chi connectivity index (χ4v) is 1.75. The van der Waals surface area contributed by atoms with Crippen LogP contribution in [-0.2, 0) is 11.3 Å². The van der Waals surface area contributed by atoms with Crippen molar-refractivity contribution >= 4 is 12.0 Å². The number of hydrogen-bond acceptors (Lipinski definition) is 3. The van der Waals surface area contributed by atoms with Crippen LogP contribution >= 0.6 is 0 Å². The van der Waals surface area contributed by atoms with E-state index in [9.17, 15) is 9.59 Å². The lowest BCUT2D eigenvalue weighted by Gasteiger charge is -2.13. The highest BCUT2D eigenvalue weighted by Gasteiger charge is 2.19. The number of esters is 1. The Hall–Kier alpha value is -2.04. The van der Waals surface area contributed by atoms with Crippen LogP contribution in [0.3, 0.4) is 0 Å². The highest BCUT2D eigenvalue weighted by Crippen LogP contribution is 2.10. The third kappa shape index (κ3) is 2.55. The molecule has 2 rings (SSSR count). The van der Waals surface area contributed by atoms with Gasteiger partial charge in [-0.1, -0.05) is 12.1 Å². The molecule has 1 aliphatic heterocycles. The minimum Gasteiger partial charge on any atom is -0.465 e. The predicted molar refractivity (Wildman–Crippen MR) is 61.6 cm³/mol. The highest BCUT2D eigenvalue weighted by atomic mass is 16.5. The van der Waals surface area contributed by atoms with Crippen LogP contribution in [0, 0.1) is 0 Å². The summed E-state index contributed by atoms with van der Waals surface area (Å²) in [4.78, 5) is 24.3. The molecular formula is C12H14N2O3. The summed E-state index contributed by atoms with van der Waals surface area (Å²) in [7, 11) is 1.35. The molecule has 17 heavy (non-hydrogen) atoms. The van der Waals surface area contributed by atoms with Crippen molar-refractivity contribution in [2.24, 2.45) is 0 Å². The number of ether oxygens (including phenoxy) is 1. The molecule has 0 radical (unpaired) electrons. The zero-order valence-corrected chi connectivity index (χ0v) is 9.60. The summed E-state index contributed by atoms with van der Waals surface area (Å²) in [5.41, 5.74) is 1.51. The van der Waals surface area contributed by atoms with Gasteiger partial charge in [0.2, 0.25) is 0 Å². The lowest BCUT2D eigenvalue weighted by Crippen LogP contribution is -2.27. The molecule has 0 unspecified atom stereocenters. The summed E-state index contributed by atoms with van der Waals surface area (Å²) < 4.78 is 4.61. The lowest BCUT2D eigenvalue weighted by atomic mass is 10.1. The molecule has 1 aliphatic rings. The minimum absolute atomic E-state index is 0.0398. The van der Waals surface area contributed by atoms with E-state index in [0.717, 1.165) is 12.1 Å². The number of benzene rings is 1. The third-order valence-corrected chi connectivity index (χ3v) is 2.69. The number of methoxy groups -OCH3 is 1. The molecule has 1 fully saturated rings. The molecule has 0 saturated carbocycles. The van der Waals surface area contributed by atoms with Crippen molar-refractivity contribution in [3.8, 4) is 0 Å². The molecule has 90 valence electrons. The quantitative estimate of drug-likeness (QED) is 0.794. The molecule has 2 amide bonds. The number of carbonyl (C=O) groups is 2. The van der Waals surface area contributed by atoms with Crippen LogP contribution in [0.4, 0.5) is 4.79 Å². The number of urea groups is 1. The normalized spacial score (nSPS) is 14.6.